The Morgan fingerprint density at radius 1 is 1.05 bits per heavy atom. The van der Waals surface area contributed by atoms with Crippen molar-refractivity contribution in [1.82, 2.24) is 5.32 Å². The molecular formula is C19H26N2O. The van der Waals surface area contributed by atoms with Crippen LogP contribution in [0.25, 0.3) is 0 Å². The summed E-state index contributed by atoms with van der Waals surface area (Å²) in [6.07, 6.45) is 8.15. The van der Waals surface area contributed by atoms with E-state index < -0.39 is 0 Å². The Morgan fingerprint density at radius 2 is 1.59 bits per heavy atom. The van der Waals surface area contributed by atoms with Crippen LogP contribution < -0.4 is 10.6 Å². The van der Waals surface area contributed by atoms with Gasteiger partial charge in [-0.15, -0.1) is 0 Å². The molecule has 4 saturated carbocycles. The third-order valence-electron chi connectivity index (χ3n) is 6.00. The Balaban J connectivity index is 1.41. The molecule has 0 unspecified atom stereocenters. The molecule has 1 aromatic carbocycles. The van der Waals surface area contributed by atoms with E-state index in [1.54, 1.807) is 0 Å². The number of anilines is 1. The standard InChI is InChI=1S/C19H26N2O/c1-13(18(22)20-17-5-3-2-4-6-17)21-19-10-14-7-15(11-19)9-16(8-14)12-19/h2-6,13-16,21H,7-12H2,1H3,(H,20,22)/t13-,14?,15?,16?,19?/m1/s1. The van der Waals surface area contributed by atoms with Gasteiger partial charge in [0.15, 0.2) is 0 Å². The minimum absolute atomic E-state index is 0.0851. The minimum atomic E-state index is -0.128. The number of hydrogen-bond donors (Lipinski definition) is 2. The molecule has 0 radical (unpaired) electrons. The van der Waals surface area contributed by atoms with Gasteiger partial charge in [-0.05, 0) is 75.3 Å². The lowest BCUT2D eigenvalue weighted by Gasteiger charge is -2.57. The molecule has 3 nitrogen and oxygen atoms in total. The molecule has 0 aromatic heterocycles. The summed E-state index contributed by atoms with van der Waals surface area (Å²) in [7, 11) is 0. The van der Waals surface area contributed by atoms with Crippen LogP contribution in [0.1, 0.15) is 45.4 Å². The molecular weight excluding hydrogens is 272 g/mol. The third kappa shape index (κ3) is 2.67. The zero-order valence-electron chi connectivity index (χ0n) is 13.3. The normalized spacial score (nSPS) is 37.0. The number of carbonyl (C=O) groups is 1. The highest BCUT2D eigenvalue weighted by Gasteiger charge is 2.51. The van der Waals surface area contributed by atoms with Gasteiger partial charge < -0.3 is 10.6 Å². The van der Waals surface area contributed by atoms with E-state index in [4.69, 9.17) is 0 Å². The molecule has 118 valence electrons. The maximum atomic E-state index is 12.5. The van der Waals surface area contributed by atoms with Crippen molar-refractivity contribution in [2.24, 2.45) is 17.8 Å². The van der Waals surface area contributed by atoms with Crippen LogP contribution in [0.15, 0.2) is 30.3 Å². The fourth-order valence-corrected chi connectivity index (χ4v) is 5.58. The van der Waals surface area contributed by atoms with Crippen LogP contribution in [0.2, 0.25) is 0 Å². The van der Waals surface area contributed by atoms with E-state index >= 15 is 0 Å². The zero-order chi connectivity index (χ0) is 15.2. The molecule has 22 heavy (non-hydrogen) atoms. The molecule has 1 aromatic rings. The van der Waals surface area contributed by atoms with Crippen molar-refractivity contribution in [3.05, 3.63) is 30.3 Å². The summed E-state index contributed by atoms with van der Waals surface area (Å²) in [6, 6.07) is 9.62. The van der Waals surface area contributed by atoms with Crippen LogP contribution in [-0.4, -0.2) is 17.5 Å². The first-order chi connectivity index (χ1) is 10.6. The van der Waals surface area contributed by atoms with Gasteiger partial charge in [-0.1, -0.05) is 18.2 Å². The summed E-state index contributed by atoms with van der Waals surface area (Å²) >= 11 is 0. The number of amides is 1. The van der Waals surface area contributed by atoms with Crippen molar-refractivity contribution < 1.29 is 4.79 Å². The predicted molar refractivity (Wildman–Crippen MR) is 88.6 cm³/mol. The van der Waals surface area contributed by atoms with Crippen molar-refractivity contribution in [3.63, 3.8) is 0 Å². The maximum Gasteiger partial charge on any atom is 0.241 e. The van der Waals surface area contributed by atoms with E-state index in [0.29, 0.717) is 0 Å². The third-order valence-corrected chi connectivity index (χ3v) is 6.00. The molecule has 2 N–H and O–H groups in total. The van der Waals surface area contributed by atoms with Gasteiger partial charge in [0, 0.05) is 11.2 Å². The Hall–Kier alpha value is -1.35. The molecule has 4 bridgehead atoms. The molecule has 0 spiro atoms. The molecule has 4 aliphatic rings. The SMILES string of the molecule is C[C@@H](NC12CC3CC(CC(C3)C1)C2)C(=O)Nc1ccccc1. The number of carbonyl (C=O) groups excluding carboxylic acids is 1. The van der Waals surface area contributed by atoms with Crippen molar-refractivity contribution in [1.29, 1.82) is 0 Å². The minimum Gasteiger partial charge on any atom is -0.325 e. The summed E-state index contributed by atoms with van der Waals surface area (Å²) in [5.74, 6) is 2.80. The predicted octanol–water partition coefficient (Wildman–Crippen LogP) is 3.57. The maximum absolute atomic E-state index is 12.5. The molecule has 4 fully saturated rings. The van der Waals surface area contributed by atoms with Gasteiger partial charge in [-0.25, -0.2) is 0 Å². The van der Waals surface area contributed by atoms with Crippen molar-refractivity contribution in [3.8, 4) is 0 Å². The van der Waals surface area contributed by atoms with Crippen LogP contribution in [0.3, 0.4) is 0 Å². The Labute approximate surface area is 132 Å². The number of benzene rings is 1. The first-order valence-electron chi connectivity index (χ1n) is 8.75. The van der Waals surface area contributed by atoms with Gasteiger partial charge >= 0.3 is 0 Å². The molecule has 0 aliphatic heterocycles. The first-order valence-corrected chi connectivity index (χ1v) is 8.75. The molecule has 0 heterocycles. The fourth-order valence-electron chi connectivity index (χ4n) is 5.58. The average molecular weight is 298 g/mol. The van der Waals surface area contributed by atoms with Gasteiger partial charge in [0.05, 0.1) is 6.04 Å². The molecule has 4 aliphatic carbocycles. The lowest BCUT2D eigenvalue weighted by atomic mass is 9.53. The smallest absolute Gasteiger partial charge is 0.241 e. The summed E-state index contributed by atoms with van der Waals surface area (Å²) in [5, 5.41) is 6.76. The summed E-state index contributed by atoms with van der Waals surface area (Å²) in [5.41, 5.74) is 1.12. The fraction of sp³-hybridized carbons (Fsp3) is 0.632. The van der Waals surface area contributed by atoms with Crippen LogP contribution in [0.4, 0.5) is 5.69 Å². The number of nitrogens with one attached hydrogen (secondary N) is 2. The van der Waals surface area contributed by atoms with Crippen LogP contribution in [0.5, 0.6) is 0 Å². The van der Waals surface area contributed by atoms with Crippen LogP contribution in [0, 0.1) is 17.8 Å². The Kier molecular flexibility index (Phi) is 3.48. The van der Waals surface area contributed by atoms with E-state index in [1.165, 1.54) is 38.5 Å². The Morgan fingerprint density at radius 3 is 2.14 bits per heavy atom. The second kappa shape index (κ2) is 5.38. The average Bonchev–Trinajstić information content (AvgIpc) is 2.46. The summed E-state index contributed by atoms with van der Waals surface area (Å²) in [6.45, 7) is 2.01. The second-order valence-electron chi connectivity index (χ2n) is 7.92. The van der Waals surface area contributed by atoms with Crippen molar-refractivity contribution >= 4 is 11.6 Å². The van der Waals surface area contributed by atoms with Gasteiger partial charge in [0.1, 0.15) is 0 Å². The Bertz CT molecular complexity index is 519. The topological polar surface area (TPSA) is 41.1 Å². The monoisotopic (exact) mass is 298 g/mol. The highest BCUT2D eigenvalue weighted by molar-refractivity contribution is 5.94. The molecule has 3 heteroatoms. The zero-order valence-corrected chi connectivity index (χ0v) is 13.3. The highest BCUT2D eigenvalue weighted by Crippen LogP contribution is 2.55. The van der Waals surface area contributed by atoms with Crippen molar-refractivity contribution in [2.75, 3.05) is 5.32 Å². The number of hydrogen-bond acceptors (Lipinski definition) is 2. The second-order valence-corrected chi connectivity index (χ2v) is 7.92. The van der Waals surface area contributed by atoms with E-state index in [0.717, 1.165) is 23.4 Å². The van der Waals surface area contributed by atoms with E-state index in [1.807, 2.05) is 37.3 Å². The van der Waals surface area contributed by atoms with Gasteiger partial charge in [0.25, 0.3) is 0 Å². The lowest BCUT2D eigenvalue weighted by molar-refractivity contribution is -0.119. The molecule has 0 saturated heterocycles. The van der Waals surface area contributed by atoms with E-state index in [9.17, 15) is 4.79 Å². The number of para-hydroxylation sites is 1. The first kappa shape index (κ1) is 14.3. The number of rotatable bonds is 4. The van der Waals surface area contributed by atoms with Gasteiger partial charge in [-0.3, -0.25) is 4.79 Å². The van der Waals surface area contributed by atoms with E-state index in [2.05, 4.69) is 10.6 Å². The molecule has 5 rings (SSSR count). The highest BCUT2D eigenvalue weighted by atomic mass is 16.2. The largest absolute Gasteiger partial charge is 0.325 e. The molecule has 1 atom stereocenters. The molecule has 1 amide bonds. The van der Waals surface area contributed by atoms with Crippen molar-refractivity contribution in [2.45, 2.75) is 57.0 Å². The van der Waals surface area contributed by atoms with Crippen LogP contribution >= 0.6 is 0 Å². The lowest BCUT2D eigenvalue weighted by Crippen LogP contribution is -2.62. The van der Waals surface area contributed by atoms with Gasteiger partial charge in [0.2, 0.25) is 5.91 Å². The quantitative estimate of drug-likeness (QED) is 0.892. The summed E-state index contributed by atoms with van der Waals surface area (Å²) in [4.78, 5) is 12.5. The van der Waals surface area contributed by atoms with E-state index in [-0.39, 0.29) is 17.5 Å². The van der Waals surface area contributed by atoms with Crippen LogP contribution in [-0.2, 0) is 4.79 Å². The summed E-state index contributed by atoms with van der Waals surface area (Å²) < 4.78 is 0. The van der Waals surface area contributed by atoms with Gasteiger partial charge in [-0.2, -0.15) is 0 Å².